The summed E-state index contributed by atoms with van der Waals surface area (Å²) in [5.41, 5.74) is 0. The van der Waals surface area contributed by atoms with E-state index < -0.39 is 0 Å². The van der Waals surface area contributed by atoms with Crippen LogP contribution in [0.25, 0.3) is 0 Å². The molecule has 3 aliphatic rings. The highest BCUT2D eigenvalue weighted by Crippen LogP contribution is 2.54. The predicted octanol–water partition coefficient (Wildman–Crippen LogP) is 1.71. The Labute approximate surface area is 74.7 Å². The average Bonchev–Trinajstić information content (AvgIpc) is 2.33. The second kappa shape index (κ2) is 2.19. The fourth-order valence-electron chi connectivity index (χ4n) is 2.31. The first-order valence-electron chi connectivity index (χ1n) is 4.19. The number of carbonyl (C=O) groups is 1. The third-order valence-corrected chi connectivity index (χ3v) is 6.39. The Morgan fingerprint density at radius 1 is 1.09 bits per heavy atom. The molecule has 0 radical (unpaired) electrons. The Morgan fingerprint density at radius 3 is 2.82 bits per heavy atom. The van der Waals surface area contributed by atoms with Crippen LogP contribution in [0.4, 0.5) is 0 Å². The molecule has 4 atom stereocenters. The zero-order valence-electron chi connectivity index (χ0n) is 6.16. The standard InChI is InChI=1S/C8H10OS2/c9-8-5-2-1-4-6(11-5)3-7(8)10-4/h4-7H,1-3H2. The van der Waals surface area contributed by atoms with Crippen LogP contribution < -0.4 is 0 Å². The molecule has 0 aromatic carbocycles. The molecule has 3 rings (SSSR count). The van der Waals surface area contributed by atoms with Crippen LogP contribution in [0.2, 0.25) is 0 Å². The van der Waals surface area contributed by atoms with Crippen LogP contribution in [-0.2, 0) is 4.79 Å². The van der Waals surface area contributed by atoms with Crippen molar-refractivity contribution in [3.63, 3.8) is 0 Å². The van der Waals surface area contributed by atoms with Gasteiger partial charge in [0.25, 0.3) is 0 Å². The molecule has 3 saturated heterocycles. The molecule has 3 heterocycles. The lowest BCUT2D eigenvalue weighted by Crippen LogP contribution is -2.36. The Bertz CT molecular complexity index is 206. The predicted molar refractivity (Wildman–Crippen MR) is 49.2 cm³/mol. The highest BCUT2D eigenvalue weighted by atomic mass is 32.2. The first-order chi connectivity index (χ1) is 5.34. The normalized spacial score (nSPS) is 53.6. The van der Waals surface area contributed by atoms with Crippen LogP contribution in [0, 0.1) is 0 Å². The molecule has 0 amide bonds. The molecule has 3 fully saturated rings. The van der Waals surface area contributed by atoms with Crippen LogP contribution in [0.1, 0.15) is 19.3 Å². The van der Waals surface area contributed by atoms with Gasteiger partial charge in [0.1, 0.15) is 0 Å². The van der Waals surface area contributed by atoms with Crippen molar-refractivity contribution >= 4 is 29.3 Å². The minimum Gasteiger partial charge on any atom is -0.297 e. The molecule has 0 aromatic rings. The van der Waals surface area contributed by atoms with E-state index in [0.717, 1.165) is 16.9 Å². The molecule has 11 heavy (non-hydrogen) atoms. The van der Waals surface area contributed by atoms with Crippen LogP contribution in [0.5, 0.6) is 0 Å². The number of thioether (sulfide) groups is 2. The third-order valence-electron chi connectivity index (χ3n) is 2.89. The summed E-state index contributed by atoms with van der Waals surface area (Å²) in [6.45, 7) is 0. The Morgan fingerprint density at radius 2 is 1.91 bits per heavy atom. The van der Waals surface area contributed by atoms with E-state index in [4.69, 9.17) is 0 Å². The van der Waals surface area contributed by atoms with Crippen LogP contribution in [-0.4, -0.2) is 26.8 Å². The molecular weight excluding hydrogens is 176 g/mol. The van der Waals surface area contributed by atoms with Gasteiger partial charge in [0.05, 0.1) is 10.5 Å². The maximum absolute atomic E-state index is 11.6. The van der Waals surface area contributed by atoms with E-state index in [1.54, 1.807) is 0 Å². The summed E-state index contributed by atoms with van der Waals surface area (Å²) in [6, 6.07) is 0. The van der Waals surface area contributed by atoms with Crippen LogP contribution in [0.15, 0.2) is 0 Å². The van der Waals surface area contributed by atoms with E-state index in [-0.39, 0.29) is 0 Å². The molecule has 3 bridgehead atoms. The Kier molecular flexibility index (Phi) is 1.36. The number of Topliss-reactive ketones (excluding diaryl/α,β-unsaturated/α-hetero) is 1. The first-order valence-corrected chi connectivity index (χ1v) is 6.08. The van der Waals surface area contributed by atoms with Gasteiger partial charge >= 0.3 is 0 Å². The van der Waals surface area contributed by atoms with Crippen molar-refractivity contribution in [3.05, 3.63) is 0 Å². The van der Waals surface area contributed by atoms with Gasteiger partial charge in [0.2, 0.25) is 0 Å². The van der Waals surface area contributed by atoms with Gasteiger partial charge in [-0.3, -0.25) is 4.79 Å². The SMILES string of the molecule is O=C1C2CC3SC1CCC3S2. The summed E-state index contributed by atoms with van der Waals surface area (Å²) < 4.78 is 0. The van der Waals surface area contributed by atoms with Gasteiger partial charge in [-0.1, -0.05) is 0 Å². The number of hydrogen-bond donors (Lipinski definition) is 0. The fraction of sp³-hybridized carbons (Fsp3) is 0.875. The molecule has 0 spiro atoms. The molecule has 3 aliphatic heterocycles. The monoisotopic (exact) mass is 186 g/mol. The Balaban J connectivity index is 2.01. The largest absolute Gasteiger partial charge is 0.297 e. The number of hydrogen-bond acceptors (Lipinski definition) is 3. The van der Waals surface area contributed by atoms with Crippen LogP contribution in [0.3, 0.4) is 0 Å². The van der Waals surface area contributed by atoms with Crippen molar-refractivity contribution in [2.24, 2.45) is 0 Å². The zero-order valence-corrected chi connectivity index (χ0v) is 7.79. The van der Waals surface area contributed by atoms with Crippen molar-refractivity contribution in [2.75, 3.05) is 0 Å². The van der Waals surface area contributed by atoms with E-state index >= 15 is 0 Å². The average molecular weight is 186 g/mol. The van der Waals surface area contributed by atoms with Gasteiger partial charge in [-0.25, -0.2) is 0 Å². The molecule has 0 N–H and O–H groups in total. The molecular formula is C8H10OS2. The minimum absolute atomic E-state index is 0.394. The summed E-state index contributed by atoms with van der Waals surface area (Å²) in [6.07, 6.45) is 3.64. The van der Waals surface area contributed by atoms with Crippen molar-refractivity contribution < 1.29 is 4.79 Å². The summed E-state index contributed by atoms with van der Waals surface area (Å²) in [7, 11) is 0. The first kappa shape index (κ1) is 6.84. The van der Waals surface area contributed by atoms with Gasteiger partial charge in [-0.05, 0) is 19.3 Å². The van der Waals surface area contributed by atoms with E-state index in [2.05, 4.69) is 0 Å². The topological polar surface area (TPSA) is 17.1 Å². The van der Waals surface area contributed by atoms with Gasteiger partial charge in [0.15, 0.2) is 5.78 Å². The van der Waals surface area contributed by atoms with Crippen molar-refractivity contribution in [1.82, 2.24) is 0 Å². The summed E-state index contributed by atoms with van der Waals surface area (Å²) in [5, 5.41) is 2.46. The summed E-state index contributed by atoms with van der Waals surface area (Å²) in [4.78, 5) is 11.6. The highest BCUT2D eigenvalue weighted by molar-refractivity contribution is 8.07. The Hall–Kier alpha value is 0.370. The van der Waals surface area contributed by atoms with Crippen LogP contribution >= 0.6 is 23.5 Å². The molecule has 3 heteroatoms. The van der Waals surface area contributed by atoms with Crippen molar-refractivity contribution in [1.29, 1.82) is 0 Å². The molecule has 60 valence electrons. The van der Waals surface area contributed by atoms with Crippen molar-refractivity contribution in [2.45, 2.75) is 40.3 Å². The lowest BCUT2D eigenvalue weighted by atomic mass is 9.98. The smallest absolute Gasteiger partial charge is 0.158 e. The molecule has 0 saturated carbocycles. The summed E-state index contributed by atoms with van der Waals surface area (Å²) in [5.74, 6) is 0.552. The van der Waals surface area contributed by atoms with Gasteiger partial charge in [-0.2, -0.15) is 0 Å². The molecule has 0 aromatic heterocycles. The maximum Gasteiger partial charge on any atom is 0.158 e. The lowest BCUT2D eigenvalue weighted by Gasteiger charge is -2.31. The van der Waals surface area contributed by atoms with E-state index in [0.29, 0.717) is 16.3 Å². The van der Waals surface area contributed by atoms with E-state index in [9.17, 15) is 4.79 Å². The third kappa shape index (κ3) is 0.842. The maximum atomic E-state index is 11.6. The van der Waals surface area contributed by atoms with E-state index in [1.165, 1.54) is 12.8 Å². The number of rotatable bonds is 0. The molecule has 0 aliphatic carbocycles. The number of carbonyl (C=O) groups excluding carboxylic acids is 1. The fourth-order valence-corrected chi connectivity index (χ4v) is 6.11. The molecule has 4 unspecified atom stereocenters. The second-order valence-corrected chi connectivity index (χ2v) is 6.44. The van der Waals surface area contributed by atoms with Gasteiger partial charge < -0.3 is 0 Å². The minimum atomic E-state index is 0.394. The van der Waals surface area contributed by atoms with E-state index in [1.807, 2.05) is 23.5 Å². The number of ketones is 1. The summed E-state index contributed by atoms with van der Waals surface area (Å²) >= 11 is 3.92. The highest BCUT2D eigenvalue weighted by Gasteiger charge is 2.50. The van der Waals surface area contributed by atoms with Gasteiger partial charge in [-0.15, -0.1) is 23.5 Å². The lowest BCUT2D eigenvalue weighted by molar-refractivity contribution is -0.118. The quantitative estimate of drug-likeness (QED) is 0.573. The van der Waals surface area contributed by atoms with Gasteiger partial charge in [0, 0.05) is 10.5 Å². The van der Waals surface area contributed by atoms with Crippen molar-refractivity contribution in [3.8, 4) is 0 Å². The molecule has 1 nitrogen and oxygen atoms in total. The number of fused-ring (bicyclic) bond motifs is 2. The zero-order chi connectivity index (χ0) is 7.42. The second-order valence-electron chi connectivity index (χ2n) is 3.54.